The van der Waals surface area contributed by atoms with Gasteiger partial charge in [-0.2, -0.15) is 0 Å². The Morgan fingerprint density at radius 2 is 0.919 bits per heavy atom. The van der Waals surface area contributed by atoms with Crippen LogP contribution in [0.5, 0.6) is 0 Å². The first-order valence-corrected chi connectivity index (χ1v) is 22.0. The van der Waals surface area contributed by atoms with E-state index in [4.69, 9.17) is 9.66 Å². The van der Waals surface area contributed by atoms with Crippen LogP contribution in [0.15, 0.2) is 217 Å². The molecule has 288 valence electrons. The zero-order valence-corrected chi connectivity index (χ0v) is 34.3. The third-order valence-electron chi connectivity index (χ3n) is 13.1. The smallest absolute Gasteiger partial charge is 0.229 e. The molecule has 13 rings (SSSR count). The summed E-state index contributed by atoms with van der Waals surface area (Å²) in [6, 6.07) is 77.1. The normalized spacial score (nSPS) is 14.1. The third kappa shape index (κ3) is 5.06. The van der Waals surface area contributed by atoms with Crippen molar-refractivity contribution in [3.8, 4) is 44.5 Å². The SMILES string of the molecule is c1ccc(C2=[N+]=C(c3ccc(-c4cccc5c4C4(c6ccccc6-c6ccccc64)c4ccccc4-5)cc3)NC(c3ccccc3-c3ccc4sc5ccccc5c4c3)=N2)cc1. The Bertz CT molecular complexity index is 3520. The van der Waals surface area contributed by atoms with Crippen LogP contribution in [-0.2, 0) is 5.41 Å². The third-order valence-corrected chi connectivity index (χ3v) is 14.2. The molecule has 0 radical (unpaired) electrons. The number of hydrogen-bond donors (Lipinski definition) is 1. The topological polar surface area (TPSA) is 38.5 Å². The van der Waals surface area contributed by atoms with E-state index in [0.29, 0.717) is 5.84 Å². The van der Waals surface area contributed by atoms with Crippen molar-refractivity contribution in [1.82, 2.24) is 9.98 Å². The predicted molar refractivity (Wildman–Crippen MR) is 259 cm³/mol. The number of aliphatic imine (C=N–C) groups is 1. The quantitative estimate of drug-likeness (QED) is 0.173. The molecule has 1 aromatic heterocycles. The van der Waals surface area contributed by atoms with Crippen LogP contribution in [0.25, 0.3) is 64.7 Å². The molecule has 0 amide bonds. The van der Waals surface area contributed by atoms with E-state index in [0.717, 1.165) is 39.5 Å². The lowest BCUT2D eigenvalue weighted by molar-refractivity contribution is 0.796. The highest BCUT2D eigenvalue weighted by Gasteiger charge is 2.52. The van der Waals surface area contributed by atoms with Crippen molar-refractivity contribution in [2.45, 2.75) is 5.41 Å². The minimum atomic E-state index is -0.428. The monoisotopic (exact) mass is 806 g/mol. The Balaban J connectivity index is 0.932. The number of rotatable bonds is 5. The van der Waals surface area contributed by atoms with E-state index in [1.807, 2.05) is 29.5 Å². The fourth-order valence-corrected chi connectivity index (χ4v) is 11.5. The predicted octanol–water partition coefficient (Wildman–Crippen LogP) is 13.0. The maximum absolute atomic E-state index is 5.22. The molecule has 1 spiro atoms. The number of amidine groups is 3. The van der Waals surface area contributed by atoms with Gasteiger partial charge in [0.15, 0.2) is 0 Å². The summed E-state index contributed by atoms with van der Waals surface area (Å²) in [5.74, 6) is 2.20. The van der Waals surface area contributed by atoms with Crippen molar-refractivity contribution >= 4 is 49.0 Å². The highest BCUT2D eigenvalue weighted by molar-refractivity contribution is 7.25. The number of benzene rings is 9. The molecule has 0 bridgehead atoms. The van der Waals surface area contributed by atoms with Crippen LogP contribution in [0.1, 0.15) is 38.9 Å². The van der Waals surface area contributed by atoms with Crippen molar-refractivity contribution in [3.05, 3.63) is 251 Å². The van der Waals surface area contributed by atoms with Crippen LogP contribution < -0.4 is 9.98 Å². The zero-order valence-electron chi connectivity index (χ0n) is 33.5. The average molecular weight is 807 g/mol. The Labute approximate surface area is 363 Å². The minimum absolute atomic E-state index is 0.428. The lowest BCUT2D eigenvalue weighted by Gasteiger charge is -2.32. The Kier molecular flexibility index (Phi) is 7.65. The molecule has 1 aliphatic heterocycles. The molecule has 2 heterocycles. The second-order valence-corrected chi connectivity index (χ2v) is 17.4. The van der Waals surface area contributed by atoms with E-state index in [1.54, 1.807) is 0 Å². The van der Waals surface area contributed by atoms with Gasteiger partial charge >= 0.3 is 11.7 Å². The molecule has 0 saturated heterocycles. The molecule has 3 nitrogen and oxygen atoms in total. The van der Waals surface area contributed by atoms with Gasteiger partial charge in [0.05, 0.1) is 22.1 Å². The van der Waals surface area contributed by atoms with Crippen LogP contribution in [0.3, 0.4) is 0 Å². The van der Waals surface area contributed by atoms with Gasteiger partial charge < -0.3 is 0 Å². The fourth-order valence-electron chi connectivity index (χ4n) is 10.4. The fraction of sp³-hybridized carbons (Fsp3) is 0.0172. The van der Waals surface area contributed by atoms with E-state index in [2.05, 4.69) is 199 Å². The van der Waals surface area contributed by atoms with Gasteiger partial charge in [-0.25, -0.2) is 9.98 Å². The Morgan fingerprint density at radius 3 is 1.65 bits per heavy atom. The summed E-state index contributed by atoms with van der Waals surface area (Å²) >= 11 is 1.84. The van der Waals surface area contributed by atoms with E-state index in [-0.39, 0.29) is 0 Å². The second-order valence-electron chi connectivity index (χ2n) is 16.3. The van der Waals surface area contributed by atoms with Crippen molar-refractivity contribution in [2.24, 2.45) is 4.99 Å². The van der Waals surface area contributed by atoms with Crippen molar-refractivity contribution in [3.63, 3.8) is 0 Å². The first-order chi connectivity index (χ1) is 30.7. The number of hydrogen-bond acceptors (Lipinski definition) is 3. The Hall–Kier alpha value is -7.88. The summed E-state index contributed by atoms with van der Waals surface area (Å²) in [5, 5.41) is 6.27. The molecule has 0 saturated carbocycles. The van der Waals surface area contributed by atoms with Gasteiger partial charge in [0.2, 0.25) is 0 Å². The van der Waals surface area contributed by atoms with Gasteiger partial charge in [0.1, 0.15) is 0 Å². The van der Waals surface area contributed by atoms with E-state index in [1.165, 1.54) is 75.8 Å². The standard InChI is InChI=1S/C58H35N3S/c1-2-15-37(16-3-1)55-59-56(61-57(60-55)47-22-5-4-17-40(47)39-33-34-53-48(35-39)45-21-9-13-28-52(45)62-53)38-31-29-36(30-32-38)41-23-14-24-46-44-20-8-12-27-51(44)58(54(41)46)49-25-10-6-18-42(49)43-19-7-11-26-50(43)58/h1-35H/p+1. The van der Waals surface area contributed by atoms with Gasteiger partial charge in [0, 0.05) is 20.2 Å². The molecular weight excluding hydrogens is 771 g/mol. The van der Waals surface area contributed by atoms with Crippen molar-refractivity contribution in [1.29, 1.82) is 0 Å². The highest BCUT2D eigenvalue weighted by atomic mass is 32.1. The number of nitrogens with zero attached hydrogens (tertiary/aromatic N) is 2. The molecule has 1 N–H and O–H groups in total. The van der Waals surface area contributed by atoms with Crippen LogP contribution in [0.4, 0.5) is 0 Å². The summed E-state index contributed by atoms with van der Waals surface area (Å²) in [4.78, 5) is 5.22. The van der Waals surface area contributed by atoms with Gasteiger partial charge in [-0.05, 0) is 115 Å². The molecule has 0 unspecified atom stereocenters. The first kappa shape index (κ1) is 34.9. The molecule has 62 heavy (non-hydrogen) atoms. The van der Waals surface area contributed by atoms with Crippen LogP contribution >= 0.6 is 11.3 Å². The van der Waals surface area contributed by atoms with Crippen molar-refractivity contribution < 1.29 is 0 Å². The van der Waals surface area contributed by atoms with Gasteiger partial charge in [-0.1, -0.05) is 169 Å². The summed E-state index contributed by atoms with van der Waals surface area (Å²) in [6.45, 7) is 0. The molecule has 0 atom stereocenters. The lowest BCUT2D eigenvalue weighted by Crippen LogP contribution is -2.38. The van der Waals surface area contributed by atoms with Crippen molar-refractivity contribution in [2.75, 3.05) is 0 Å². The highest BCUT2D eigenvalue weighted by Crippen LogP contribution is 2.64. The number of thiophene rings is 1. The summed E-state index contributed by atoms with van der Waals surface area (Å²) in [5.41, 5.74) is 17.8. The minimum Gasteiger partial charge on any atom is -0.229 e. The second kappa shape index (κ2) is 13.6. The number of fused-ring (bicyclic) bond motifs is 13. The van der Waals surface area contributed by atoms with Gasteiger partial charge in [-0.15, -0.1) is 11.3 Å². The lowest BCUT2D eigenvalue weighted by atomic mass is 9.68. The average Bonchev–Trinajstić information content (AvgIpc) is 3.98. The molecule has 4 heteroatoms. The van der Waals surface area contributed by atoms with E-state index < -0.39 is 5.41 Å². The summed E-state index contributed by atoms with van der Waals surface area (Å²) in [6.07, 6.45) is 0. The zero-order chi connectivity index (χ0) is 40.8. The van der Waals surface area contributed by atoms with E-state index >= 15 is 0 Å². The molecule has 0 fully saturated rings. The molecule has 9 aromatic carbocycles. The molecule has 3 aliphatic rings. The molecule has 2 aliphatic carbocycles. The molecule has 10 aromatic rings. The largest absolute Gasteiger partial charge is 0.360 e. The first-order valence-electron chi connectivity index (χ1n) is 21.2. The maximum atomic E-state index is 5.22. The van der Waals surface area contributed by atoms with Crippen LogP contribution in [-0.4, -0.2) is 17.5 Å². The molecular formula is C58H36N3S+. The number of nitrogens with one attached hydrogen (secondary N) is 1. The Morgan fingerprint density at radius 1 is 0.387 bits per heavy atom. The summed E-state index contributed by atoms with van der Waals surface area (Å²) < 4.78 is 7.79. The maximum Gasteiger partial charge on any atom is 0.360 e. The van der Waals surface area contributed by atoms with Gasteiger partial charge in [-0.3, -0.25) is 0 Å². The van der Waals surface area contributed by atoms with Crippen LogP contribution in [0, 0.1) is 0 Å². The van der Waals surface area contributed by atoms with Crippen LogP contribution in [0.2, 0.25) is 0 Å². The van der Waals surface area contributed by atoms with E-state index in [9.17, 15) is 0 Å². The summed E-state index contributed by atoms with van der Waals surface area (Å²) in [7, 11) is 0. The van der Waals surface area contributed by atoms with Gasteiger partial charge in [0.25, 0.3) is 5.84 Å².